The van der Waals surface area contributed by atoms with Gasteiger partial charge in [0.25, 0.3) is 5.91 Å². The second kappa shape index (κ2) is 10.7. The predicted octanol–water partition coefficient (Wildman–Crippen LogP) is 4.06. The standard InChI is InChI=1S/C24H24N2O5/c1-28-20-7-5-18(6-8-20)24(27)26-25-15-17-4-13-23(30-3)19(14-17)16-31-22-11-9-21(29-2)10-12-22/h4-15H,16H2,1-3H3,(H,26,27). The van der Waals surface area contributed by atoms with E-state index in [0.29, 0.717) is 29.4 Å². The van der Waals surface area contributed by atoms with Gasteiger partial charge in [-0.3, -0.25) is 4.79 Å². The maximum Gasteiger partial charge on any atom is 0.271 e. The highest BCUT2D eigenvalue weighted by atomic mass is 16.5. The van der Waals surface area contributed by atoms with Crippen LogP contribution in [0.1, 0.15) is 21.5 Å². The number of methoxy groups -OCH3 is 3. The number of benzene rings is 3. The van der Waals surface area contributed by atoms with Crippen LogP contribution in [0.4, 0.5) is 0 Å². The van der Waals surface area contributed by atoms with Crippen molar-refractivity contribution in [1.82, 2.24) is 5.43 Å². The maximum absolute atomic E-state index is 12.2. The van der Waals surface area contributed by atoms with Crippen molar-refractivity contribution < 1.29 is 23.7 Å². The van der Waals surface area contributed by atoms with E-state index >= 15 is 0 Å². The van der Waals surface area contributed by atoms with Gasteiger partial charge in [-0.25, -0.2) is 5.43 Å². The van der Waals surface area contributed by atoms with Crippen LogP contribution in [0.25, 0.3) is 0 Å². The quantitative estimate of drug-likeness (QED) is 0.417. The molecular formula is C24H24N2O5. The molecule has 0 atom stereocenters. The van der Waals surface area contributed by atoms with Gasteiger partial charge >= 0.3 is 0 Å². The molecule has 7 heteroatoms. The topological polar surface area (TPSA) is 78.4 Å². The summed E-state index contributed by atoms with van der Waals surface area (Å²) in [7, 11) is 4.80. The van der Waals surface area contributed by atoms with Crippen LogP contribution < -0.4 is 24.4 Å². The summed E-state index contributed by atoms with van der Waals surface area (Å²) < 4.78 is 21.5. The van der Waals surface area contributed by atoms with Crippen molar-refractivity contribution in [1.29, 1.82) is 0 Å². The summed E-state index contributed by atoms with van der Waals surface area (Å²) in [5.41, 5.74) is 4.65. The van der Waals surface area contributed by atoms with E-state index < -0.39 is 0 Å². The number of nitrogens with zero attached hydrogens (tertiary/aromatic N) is 1. The summed E-state index contributed by atoms with van der Waals surface area (Å²) in [6.07, 6.45) is 1.57. The molecular weight excluding hydrogens is 396 g/mol. The lowest BCUT2D eigenvalue weighted by molar-refractivity contribution is 0.0955. The molecule has 3 aromatic rings. The molecule has 0 bridgehead atoms. The highest BCUT2D eigenvalue weighted by Gasteiger charge is 2.07. The van der Waals surface area contributed by atoms with Crippen molar-refractivity contribution in [2.75, 3.05) is 21.3 Å². The van der Waals surface area contributed by atoms with E-state index in [1.165, 1.54) is 0 Å². The largest absolute Gasteiger partial charge is 0.497 e. The van der Waals surface area contributed by atoms with Gasteiger partial charge in [-0.05, 0) is 72.3 Å². The van der Waals surface area contributed by atoms with Crippen LogP contribution in [-0.4, -0.2) is 33.5 Å². The lowest BCUT2D eigenvalue weighted by Crippen LogP contribution is -2.17. The second-order valence-corrected chi connectivity index (χ2v) is 6.46. The number of nitrogens with one attached hydrogen (secondary N) is 1. The average Bonchev–Trinajstić information content (AvgIpc) is 2.83. The first-order chi connectivity index (χ1) is 15.1. The van der Waals surface area contributed by atoms with E-state index in [0.717, 1.165) is 16.9 Å². The van der Waals surface area contributed by atoms with E-state index in [9.17, 15) is 4.79 Å². The summed E-state index contributed by atoms with van der Waals surface area (Å²) in [6.45, 7) is 0.315. The monoisotopic (exact) mass is 420 g/mol. The van der Waals surface area contributed by atoms with Gasteiger partial charge in [-0.1, -0.05) is 0 Å². The highest BCUT2D eigenvalue weighted by molar-refractivity contribution is 5.95. The van der Waals surface area contributed by atoms with Gasteiger partial charge in [0.2, 0.25) is 0 Å². The molecule has 3 rings (SSSR count). The molecule has 1 amide bonds. The summed E-state index contributed by atoms with van der Waals surface area (Å²) >= 11 is 0. The Hall–Kier alpha value is -4.00. The van der Waals surface area contributed by atoms with Gasteiger partial charge in [0.05, 0.1) is 27.5 Å². The van der Waals surface area contributed by atoms with Crippen molar-refractivity contribution >= 4 is 12.1 Å². The summed E-state index contributed by atoms with van der Waals surface area (Å²) in [5, 5.41) is 4.04. The molecule has 0 unspecified atom stereocenters. The Labute approximate surface area is 181 Å². The molecule has 0 radical (unpaired) electrons. The molecule has 31 heavy (non-hydrogen) atoms. The van der Waals surface area contributed by atoms with Gasteiger partial charge < -0.3 is 18.9 Å². The number of rotatable bonds is 9. The molecule has 0 aliphatic heterocycles. The van der Waals surface area contributed by atoms with Gasteiger partial charge in [-0.2, -0.15) is 5.10 Å². The summed E-state index contributed by atoms with van der Waals surface area (Å²) in [6, 6.07) is 19.7. The second-order valence-electron chi connectivity index (χ2n) is 6.46. The molecule has 0 aliphatic rings. The third kappa shape index (κ3) is 5.99. The van der Waals surface area contributed by atoms with E-state index in [4.69, 9.17) is 18.9 Å². The Bertz CT molecular complexity index is 1030. The third-order valence-corrected chi connectivity index (χ3v) is 4.49. The Kier molecular flexibility index (Phi) is 7.48. The average molecular weight is 420 g/mol. The molecule has 160 valence electrons. The van der Waals surface area contributed by atoms with Crippen LogP contribution in [0.2, 0.25) is 0 Å². The van der Waals surface area contributed by atoms with Crippen LogP contribution in [0.15, 0.2) is 71.8 Å². The Morgan fingerprint density at radius 2 is 1.45 bits per heavy atom. The first kappa shape index (κ1) is 21.7. The molecule has 0 aliphatic carbocycles. The van der Waals surface area contributed by atoms with E-state index in [-0.39, 0.29) is 5.91 Å². The first-order valence-corrected chi connectivity index (χ1v) is 9.54. The van der Waals surface area contributed by atoms with Gasteiger partial charge in [-0.15, -0.1) is 0 Å². The molecule has 0 saturated heterocycles. The minimum atomic E-state index is -0.310. The lowest BCUT2D eigenvalue weighted by Gasteiger charge is -2.11. The minimum Gasteiger partial charge on any atom is -0.497 e. The van der Waals surface area contributed by atoms with Gasteiger partial charge in [0.15, 0.2) is 0 Å². The Morgan fingerprint density at radius 3 is 2.06 bits per heavy atom. The first-order valence-electron chi connectivity index (χ1n) is 9.54. The number of ether oxygens (including phenoxy) is 4. The van der Waals surface area contributed by atoms with E-state index in [2.05, 4.69) is 10.5 Å². The molecule has 3 aromatic carbocycles. The summed E-state index contributed by atoms with van der Waals surface area (Å²) in [4.78, 5) is 12.2. The zero-order valence-electron chi connectivity index (χ0n) is 17.6. The van der Waals surface area contributed by atoms with Crippen LogP contribution >= 0.6 is 0 Å². The van der Waals surface area contributed by atoms with Crippen molar-refractivity contribution in [3.8, 4) is 23.0 Å². The van der Waals surface area contributed by atoms with Gasteiger partial charge in [0.1, 0.15) is 29.6 Å². The fraction of sp³-hybridized carbons (Fsp3) is 0.167. The number of carbonyl (C=O) groups is 1. The van der Waals surface area contributed by atoms with E-state index in [1.54, 1.807) is 51.8 Å². The molecule has 1 N–H and O–H groups in total. The fourth-order valence-electron chi connectivity index (χ4n) is 2.80. The minimum absolute atomic E-state index is 0.310. The molecule has 7 nitrogen and oxygen atoms in total. The Balaban J connectivity index is 1.63. The van der Waals surface area contributed by atoms with Crippen LogP contribution in [0.3, 0.4) is 0 Å². The lowest BCUT2D eigenvalue weighted by atomic mass is 10.1. The molecule has 0 saturated carbocycles. The van der Waals surface area contributed by atoms with Crippen LogP contribution in [0.5, 0.6) is 23.0 Å². The summed E-state index contributed by atoms with van der Waals surface area (Å²) in [5.74, 6) is 2.56. The zero-order chi connectivity index (χ0) is 22.1. The number of hydrogen-bond donors (Lipinski definition) is 1. The third-order valence-electron chi connectivity index (χ3n) is 4.49. The van der Waals surface area contributed by atoms with E-state index in [1.807, 2.05) is 42.5 Å². The zero-order valence-corrected chi connectivity index (χ0v) is 17.6. The normalized spacial score (nSPS) is 10.5. The predicted molar refractivity (Wildman–Crippen MR) is 118 cm³/mol. The number of carbonyl (C=O) groups excluding carboxylic acids is 1. The smallest absolute Gasteiger partial charge is 0.271 e. The van der Waals surface area contributed by atoms with Crippen molar-refractivity contribution in [3.05, 3.63) is 83.4 Å². The van der Waals surface area contributed by atoms with Crippen LogP contribution in [-0.2, 0) is 6.61 Å². The van der Waals surface area contributed by atoms with Crippen molar-refractivity contribution in [2.45, 2.75) is 6.61 Å². The molecule has 0 aromatic heterocycles. The Morgan fingerprint density at radius 1 is 0.839 bits per heavy atom. The molecule has 0 fully saturated rings. The van der Waals surface area contributed by atoms with Crippen molar-refractivity contribution in [2.24, 2.45) is 5.10 Å². The van der Waals surface area contributed by atoms with Crippen LogP contribution in [0, 0.1) is 0 Å². The number of hydrogen-bond acceptors (Lipinski definition) is 6. The van der Waals surface area contributed by atoms with Crippen molar-refractivity contribution in [3.63, 3.8) is 0 Å². The maximum atomic E-state index is 12.2. The molecule has 0 heterocycles. The fourth-order valence-corrected chi connectivity index (χ4v) is 2.80. The number of amides is 1. The molecule has 0 spiro atoms. The SMILES string of the molecule is COc1ccc(OCc2cc(C=NNC(=O)c3ccc(OC)cc3)ccc2OC)cc1. The van der Waals surface area contributed by atoms with Gasteiger partial charge in [0, 0.05) is 11.1 Å². The highest BCUT2D eigenvalue weighted by Crippen LogP contribution is 2.23. The number of hydrazone groups is 1.